The number of halogens is 3. The predicted molar refractivity (Wildman–Crippen MR) is 90.5 cm³/mol. The molecule has 6 nitrogen and oxygen atoms in total. The van der Waals surface area contributed by atoms with Crippen LogP contribution in [0.3, 0.4) is 0 Å². The van der Waals surface area contributed by atoms with Crippen LogP contribution in [0.5, 0.6) is 0 Å². The molecule has 0 aliphatic carbocycles. The molecule has 3 rings (SSSR count). The Morgan fingerprint density at radius 2 is 1.67 bits per heavy atom. The smallest absolute Gasteiger partial charge is 0.329 e. The van der Waals surface area contributed by atoms with E-state index in [9.17, 15) is 21.6 Å². The first-order chi connectivity index (χ1) is 12.6. The van der Waals surface area contributed by atoms with E-state index in [0.29, 0.717) is 11.3 Å². The van der Waals surface area contributed by atoms with Gasteiger partial charge in [0.1, 0.15) is 0 Å². The molecule has 0 saturated heterocycles. The average molecular weight is 397 g/mol. The Balaban J connectivity index is 1.70. The van der Waals surface area contributed by atoms with Gasteiger partial charge in [-0.2, -0.15) is 18.2 Å². The molecule has 0 spiro atoms. The molecule has 0 aliphatic rings. The van der Waals surface area contributed by atoms with E-state index in [4.69, 9.17) is 0 Å². The van der Waals surface area contributed by atoms with Crippen LogP contribution in [0.1, 0.15) is 22.8 Å². The van der Waals surface area contributed by atoms with Crippen LogP contribution < -0.4 is 4.72 Å². The molecule has 0 unspecified atom stereocenters. The van der Waals surface area contributed by atoms with Crippen molar-refractivity contribution in [3.8, 4) is 0 Å². The monoisotopic (exact) mass is 397 g/mol. The summed E-state index contributed by atoms with van der Waals surface area (Å²) in [7, 11) is -3.73. The van der Waals surface area contributed by atoms with Crippen molar-refractivity contribution < 1.29 is 26.1 Å². The van der Waals surface area contributed by atoms with Crippen molar-refractivity contribution in [2.24, 2.45) is 0 Å². The van der Waals surface area contributed by atoms with Gasteiger partial charge in [-0.25, -0.2) is 8.42 Å². The zero-order valence-electron chi connectivity index (χ0n) is 14.0. The number of aryl methyl sites for hydroxylation is 1. The molecule has 0 bridgehead atoms. The molecular weight excluding hydrogens is 383 g/mol. The molecular formula is C17H14F3N3O3S. The largest absolute Gasteiger partial charge is 0.471 e. The van der Waals surface area contributed by atoms with Crippen molar-refractivity contribution in [2.75, 3.05) is 4.72 Å². The summed E-state index contributed by atoms with van der Waals surface area (Å²) >= 11 is 0. The molecule has 0 fully saturated rings. The van der Waals surface area contributed by atoms with Gasteiger partial charge in [0.2, 0.25) is 0 Å². The molecule has 1 aromatic heterocycles. The molecule has 2 aromatic carbocycles. The van der Waals surface area contributed by atoms with Crippen molar-refractivity contribution in [1.82, 2.24) is 10.1 Å². The maximum Gasteiger partial charge on any atom is 0.471 e. The van der Waals surface area contributed by atoms with Crippen molar-refractivity contribution in [3.05, 3.63) is 71.4 Å². The zero-order valence-corrected chi connectivity index (χ0v) is 14.8. The highest BCUT2D eigenvalue weighted by molar-refractivity contribution is 7.92. The fraction of sp³-hybridized carbons (Fsp3) is 0.176. The van der Waals surface area contributed by atoms with Crippen LogP contribution in [0.4, 0.5) is 18.9 Å². The molecule has 1 heterocycles. The molecule has 142 valence electrons. The van der Waals surface area contributed by atoms with Gasteiger partial charge in [0.25, 0.3) is 10.0 Å². The number of alkyl halides is 3. The highest BCUT2D eigenvalue weighted by Gasteiger charge is 2.38. The summed E-state index contributed by atoms with van der Waals surface area (Å²) in [5.74, 6) is -1.52. The van der Waals surface area contributed by atoms with E-state index in [0.717, 1.165) is 5.56 Å². The van der Waals surface area contributed by atoms with Crippen molar-refractivity contribution in [1.29, 1.82) is 0 Å². The number of hydrogen-bond donors (Lipinski definition) is 1. The molecule has 0 atom stereocenters. The minimum Gasteiger partial charge on any atom is -0.329 e. The number of aromatic nitrogens is 2. The second-order valence-electron chi connectivity index (χ2n) is 5.81. The minimum atomic E-state index is -4.69. The molecule has 0 saturated carbocycles. The van der Waals surface area contributed by atoms with Crippen LogP contribution in [0.25, 0.3) is 0 Å². The summed E-state index contributed by atoms with van der Waals surface area (Å²) in [5, 5.41) is 3.29. The fourth-order valence-corrected chi connectivity index (χ4v) is 3.30. The van der Waals surface area contributed by atoms with Gasteiger partial charge in [0.15, 0.2) is 5.82 Å². The number of hydrogen-bond acceptors (Lipinski definition) is 5. The lowest BCUT2D eigenvalue weighted by Crippen LogP contribution is -2.12. The zero-order chi connectivity index (χ0) is 19.7. The third-order valence-electron chi connectivity index (χ3n) is 3.61. The number of rotatable bonds is 5. The summed E-state index contributed by atoms with van der Waals surface area (Å²) in [6.07, 6.45) is -4.67. The van der Waals surface area contributed by atoms with Gasteiger partial charge in [0.05, 0.1) is 4.90 Å². The Hall–Kier alpha value is -2.88. The standard InChI is InChI=1S/C17H14F3N3O3S/c1-11-2-8-14(9-3-11)27(24,25)23-13-6-4-12(5-7-13)10-15-21-16(26-22-15)17(18,19)20/h2-9,23H,10H2,1H3. The van der Waals surface area contributed by atoms with E-state index in [2.05, 4.69) is 19.4 Å². The van der Waals surface area contributed by atoms with Crippen molar-refractivity contribution >= 4 is 15.7 Å². The normalized spacial score (nSPS) is 12.1. The van der Waals surface area contributed by atoms with Gasteiger partial charge in [-0.3, -0.25) is 4.72 Å². The highest BCUT2D eigenvalue weighted by atomic mass is 32.2. The molecule has 3 aromatic rings. The maximum absolute atomic E-state index is 12.5. The lowest BCUT2D eigenvalue weighted by molar-refractivity contribution is -0.159. The van der Waals surface area contributed by atoms with Gasteiger partial charge in [0, 0.05) is 12.1 Å². The van der Waals surface area contributed by atoms with E-state index in [-0.39, 0.29) is 17.1 Å². The Kier molecular flexibility index (Phi) is 4.92. The van der Waals surface area contributed by atoms with Gasteiger partial charge < -0.3 is 4.52 Å². The first kappa shape index (κ1) is 18.9. The highest BCUT2D eigenvalue weighted by Crippen LogP contribution is 2.27. The Morgan fingerprint density at radius 1 is 1.04 bits per heavy atom. The summed E-state index contributed by atoms with van der Waals surface area (Å²) in [4.78, 5) is 3.42. The van der Waals surface area contributed by atoms with Crippen LogP contribution in [-0.4, -0.2) is 18.6 Å². The van der Waals surface area contributed by atoms with Crippen molar-refractivity contribution in [3.63, 3.8) is 0 Å². The van der Waals surface area contributed by atoms with E-state index in [1.54, 1.807) is 24.3 Å². The summed E-state index contributed by atoms with van der Waals surface area (Å²) in [6.45, 7) is 1.85. The third kappa shape index (κ3) is 4.64. The quantitative estimate of drug-likeness (QED) is 0.708. The second-order valence-corrected chi connectivity index (χ2v) is 7.49. The Labute approximate surface area is 153 Å². The molecule has 10 heteroatoms. The molecule has 0 amide bonds. The number of benzene rings is 2. The van der Waals surface area contributed by atoms with E-state index < -0.39 is 22.1 Å². The number of nitrogens with one attached hydrogen (secondary N) is 1. The number of sulfonamides is 1. The van der Waals surface area contributed by atoms with E-state index >= 15 is 0 Å². The third-order valence-corrected chi connectivity index (χ3v) is 5.01. The van der Waals surface area contributed by atoms with Crippen LogP contribution >= 0.6 is 0 Å². The predicted octanol–water partition coefficient (Wildman–Crippen LogP) is 3.79. The molecule has 27 heavy (non-hydrogen) atoms. The van der Waals surface area contributed by atoms with Crippen molar-refractivity contribution in [2.45, 2.75) is 24.4 Å². The summed E-state index contributed by atoms with van der Waals surface area (Å²) < 4.78 is 68.6. The first-order valence-electron chi connectivity index (χ1n) is 7.72. The summed E-state index contributed by atoms with van der Waals surface area (Å²) in [6, 6.07) is 12.5. The van der Waals surface area contributed by atoms with Crippen LogP contribution in [-0.2, 0) is 22.6 Å². The number of anilines is 1. The average Bonchev–Trinajstić information content (AvgIpc) is 3.06. The lowest BCUT2D eigenvalue weighted by Gasteiger charge is -2.09. The lowest BCUT2D eigenvalue weighted by atomic mass is 10.1. The molecule has 1 N–H and O–H groups in total. The Morgan fingerprint density at radius 3 is 2.22 bits per heavy atom. The van der Waals surface area contributed by atoms with Gasteiger partial charge >= 0.3 is 12.1 Å². The van der Waals surface area contributed by atoms with E-state index in [1.165, 1.54) is 24.3 Å². The van der Waals surface area contributed by atoms with Gasteiger partial charge in [-0.1, -0.05) is 35.0 Å². The minimum absolute atomic E-state index is 0.0184. The van der Waals surface area contributed by atoms with Crippen LogP contribution in [0.15, 0.2) is 57.9 Å². The Bertz CT molecular complexity index is 1030. The van der Waals surface area contributed by atoms with Crippen LogP contribution in [0.2, 0.25) is 0 Å². The number of nitrogens with zero attached hydrogens (tertiary/aromatic N) is 2. The summed E-state index contributed by atoms with van der Waals surface area (Å²) in [5.41, 5.74) is 1.86. The van der Waals surface area contributed by atoms with E-state index in [1.807, 2.05) is 6.92 Å². The first-order valence-corrected chi connectivity index (χ1v) is 9.20. The SMILES string of the molecule is Cc1ccc(S(=O)(=O)Nc2ccc(Cc3noc(C(F)(F)F)n3)cc2)cc1. The topological polar surface area (TPSA) is 85.1 Å². The second kappa shape index (κ2) is 7.03. The molecule has 0 aliphatic heterocycles. The van der Waals surface area contributed by atoms with Crippen LogP contribution in [0, 0.1) is 6.92 Å². The maximum atomic E-state index is 12.5. The fourth-order valence-electron chi connectivity index (χ4n) is 2.25. The van der Waals surface area contributed by atoms with Gasteiger partial charge in [-0.15, -0.1) is 0 Å². The molecule has 0 radical (unpaired) electrons. The van der Waals surface area contributed by atoms with Gasteiger partial charge in [-0.05, 0) is 36.8 Å².